The third-order valence-electron chi connectivity index (χ3n) is 2.35. The zero-order valence-electron chi connectivity index (χ0n) is 8.35. The van der Waals surface area contributed by atoms with E-state index in [-0.39, 0.29) is 5.75 Å². The molecule has 94 valence electrons. The van der Waals surface area contributed by atoms with Crippen LogP contribution in [0.25, 0.3) is 0 Å². The molecule has 0 aliphatic carbocycles. The molecular formula is C8H15NO6S. The van der Waals surface area contributed by atoms with Crippen LogP contribution in [0.4, 0.5) is 0 Å². The Labute approximate surface area is 96.1 Å². The molecule has 6 N–H and O–H groups in total. The number of rotatable bonds is 5. The Hall–Kier alpha value is -0.380. The summed E-state index contributed by atoms with van der Waals surface area (Å²) >= 11 is 1.15. The van der Waals surface area contributed by atoms with E-state index < -0.39 is 42.3 Å². The van der Waals surface area contributed by atoms with E-state index in [0.717, 1.165) is 11.8 Å². The molecule has 7 nitrogen and oxygen atoms in total. The van der Waals surface area contributed by atoms with Crippen molar-refractivity contribution in [2.45, 2.75) is 29.7 Å². The predicted molar refractivity (Wildman–Crippen MR) is 55.9 cm³/mol. The number of aliphatic hydroxyl groups excluding tert-OH is 4. The van der Waals surface area contributed by atoms with Crippen LogP contribution in [-0.4, -0.2) is 73.6 Å². The Balaban J connectivity index is 2.50. The lowest BCUT2D eigenvalue weighted by molar-refractivity contribution is -0.139. The number of aliphatic carboxylic acids is 1. The van der Waals surface area contributed by atoms with Gasteiger partial charge < -0.3 is 25.5 Å². The minimum absolute atomic E-state index is 0.277. The number of hydrogen-bond acceptors (Lipinski definition) is 7. The molecular weight excluding hydrogens is 238 g/mol. The van der Waals surface area contributed by atoms with Crippen molar-refractivity contribution in [1.82, 2.24) is 5.32 Å². The second-order valence-electron chi connectivity index (χ2n) is 3.54. The first kappa shape index (κ1) is 13.7. The van der Waals surface area contributed by atoms with Gasteiger partial charge in [-0.15, -0.1) is 11.8 Å². The van der Waals surface area contributed by atoms with Gasteiger partial charge in [0.1, 0.15) is 24.4 Å². The molecule has 0 bridgehead atoms. The van der Waals surface area contributed by atoms with Crippen molar-refractivity contribution in [2.24, 2.45) is 0 Å². The third-order valence-corrected chi connectivity index (χ3v) is 3.65. The summed E-state index contributed by atoms with van der Waals surface area (Å²) < 4.78 is 0. The van der Waals surface area contributed by atoms with Gasteiger partial charge in [0.2, 0.25) is 0 Å². The maximum Gasteiger partial charge on any atom is 0.321 e. The molecule has 1 heterocycles. The number of carboxylic acid groups (broad SMARTS) is 1. The van der Waals surface area contributed by atoms with Gasteiger partial charge in [-0.25, -0.2) is 0 Å². The fourth-order valence-electron chi connectivity index (χ4n) is 1.35. The normalized spacial score (nSPS) is 31.0. The molecule has 5 atom stereocenters. The summed E-state index contributed by atoms with van der Waals surface area (Å²) in [5.74, 6) is -0.752. The molecule has 1 saturated heterocycles. The number of thioether (sulfide) groups is 1. The summed E-state index contributed by atoms with van der Waals surface area (Å²) in [4.78, 5) is 10.6. The maximum absolute atomic E-state index is 10.6. The van der Waals surface area contributed by atoms with E-state index in [1.807, 2.05) is 0 Å². The van der Waals surface area contributed by atoms with E-state index >= 15 is 0 Å². The molecule has 16 heavy (non-hydrogen) atoms. The van der Waals surface area contributed by atoms with Crippen LogP contribution in [0.3, 0.4) is 0 Å². The monoisotopic (exact) mass is 253 g/mol. The van der Waals surface area contributed by atoms with Gasteiger partial charge in [0, 0.05) is 5.75 Å². The summed E-state index contributed by atoms with van der Waals surface area (Å²) in [6, 6.07) is -0.775. The average Bonchev–Trinajstić information content (AvgIpc) is 2.75. The second-order valence-corrected chi connectivity index (χ2v) is 4.72. The van der Waals surface area contributed by atoms with Gasteiger partial charge >= 0.3 is 5.97 Å². The van der Waals surface area contributed by atoms with E-state index in [1.54, 1.807) is 0 Å². The van der Waals surface area contributed by atoms with Gasteiger partial charge in [0.25, 0.3) is 0 Å². The first-order valence-electron chi connectivity index (χ1n) is 4.73. The van der Waals surface area contributed by atoms with Crippen molar-refractivity contribution >= 4 is 17.7 Å². The van der Waals surface area contributed by atoms with Crippen LogP contribution in [-0.2, 0) is 4.79 Å². The van der Waals surface area contributed by atoms with Crippen LogP contribution in [0.2, 0.25) is 0 Å². The highest BCUT2D eigenvalue weighted by atomic mass is 32.2. The Morgan fingerprint density at radius 1 is 1.44 bits per heavy atom. The average molecular weight is 253 g/mol. The molecule has 0 aromatic carbocycles. The van der Waals surface area contributed by atoms with E-state index in [4.69, 9.17) is 15.3 Å². The lowest BCUT2D eigenvalue weighted by atomic mass is 10.1. The van der Waals surface area contributed by atoms with Crippen LogP contribution in [0.15, 0.2) is 0 Å². The standard InChI is InChI=1S/C8H15NO6S/c10-1-4(11)5(12)6(13)7-9-3(2-16-7)8(14)15/h3-7,9-13H,1-2H2,(H,14,15)/t3-,4+,5-,6-,7+/m1/s1. The SMILES string of the molecule is O=C(O)[C@H]1CS[C@@H]([C@H](O)[C@H](O)[C@@H](O)CO)N1. The molecule has 0 saturated carbocycles. The van der Waals surface area contributed by atoms with Crippen molar-refractivity contribution in [3.05, 3.63) is 0 Å². The number of carboxylic acids is 1. The van der Waals surface area contributed by atoms with E-state index in [0.29, 0.717) is 0 Å². The number of nitrogens with one attached hydrogen (secondary N) is 1. The predicted octanol–water partition coefficient (Wildman–Crippen LogP) is -2.82. The van der Waals surface area contributed by atoms with Gasteiger partial charge in [-0.05, 0) is 0 Å². The van der Waals surface area contributed by atoms with Gasteiger partial charge in [0.05, 0.1) is 12.0 Å². The third kappa shape index (κ3) is 3.06. The van der Waals surface area contributed by atoms with Crippen LogP contribution >= 0.6 is 11.8 Å². The molecule has 1 aliphatic heterocycles. The topological polar surface area (TPSA) is 130 Å². The van der Waals surface area contributed by atoms with E-state index in [1.165, 1.54) is 0 Å². The highest BCUT2D eigenvalue weighted by molar-refractivity contribution is 8.00. The zero-order chi connectivity index (χ0) is 12.3. The van der Waals surface area contributed by atoms with Crippen molar-refractivity contribution in [3.8, 4) is 0 Å². The fourth-order valence-corrected chi connectivity index (χ4v) is 2.61. The zero-order valence-corrected chi connectivity index (χ0v) is 9.17. The number of hydrogen-bond donors (Lipinski definition) is 6. The molecule has 0 aromatic heterocycles. The first-order chi connectivity index (χ1) is 7.47. The largest absolute Gasteiger partial charge is 0.480 e. The van der Waals surface area contributed by atoms with Crippen molar-refractivity contribution in [2.75, 3.05) is 12.4 Å². The van der Waals surface area contributed by atoms with Crippen molar-refractivity contribution in [1.29, 1.82) is 0 Å². The van der Waals surface area contributed by atoms with Gasteiger partial charge in [-0.2, -0.15) is 0 Å². The van der Waals surface area contributed by atoms with E-state index in [9.17, 15) is 15.0 Å². The van der Waals surface area contributed by atoms with Gasteiger partial charge in [-0.3, -0.25) is 10.1 Å². The molecule has 8 heteroatoms. The maximum atomic E-state index is 10.6. The van der Waals surface area contributed by atoms with Crippen LogP contribution in [0.5, 0.6) is 0 Å². The lowest BCUT2D eigenvalue weighted by Gasteiger charge is -2.25. The molecule has 0 spiro atoms. The smallest absolute Gasteiger partial charge is 0.321 e. The van der Waals surface area contributed by atoms with E-state index in [2.05, 4.69) is 5.32 Å². The summed E-state index contributed by atoms with van der Waals surface area (Å²) in [5.41, 5.74) is 0. The Bertz CT molecular complexity index is 253. The minimum atomic E-state index is -1.51. The molecule has 1 fully saturated rings. The molecule has 0 amide bonds. The van der Waals surface area contributed by atoms with Crippen molar-refractivity contribution in [3.63, 3.8) is 0 Å². The number of carbonyl (C=O) groups is 1. The summed E-state index contributed by atoms with van der Waals surface area (Å²) in [6.45, 7) is -0.669. The lowest BCUT2D eigenvalue weighted by Crippen LogP contribution is -2.50. The molecule has 0 radical (unpaired) electrons. The first-order valence-corrected chi connectivity index (χ1v) is 5.77. The van der Waals surface area contributed by atoms with Crippen molar-refractivity contribution < 1.29 is 30.3 Å². The van der Waals surface area contributed by atoms with Gasteiger partial charge in [-0.1, -0.05) is 0 Å². The molecule has 1 rings (SSSR count). The van der Waals surface area contributed by atoms with Gasteiger partial charge in [0.15, 0.2) is 0 Å². The Kier molecular flexibility index (Phi) is 4.96. The summed E-state index contributed by atoms with van der Waals surface area (Å²) in [7, 11) is 0. The quantitative estimate of drug-likeness (QED) is 0.309. The highest BCUT2D eigenvalue weighted by Gasteiger charge is 2.38. The number of aliphatic hydroxyl groups is 4. The van der Waals surface area contributed by atoms with Crippen LogP contribution < -0.4 is 5.32 Å². The van der Waals surface area contributed by atoms with Crippen LogP contribution in [0.1, 0.15) is 0 Å². The Morgan fingerprint density at radius 2 is 2.06 bits per heavy atom. The van der Waals surface area contributed by atoms with Crippen LogP contribution in [0, 0.1) is 0 Å². The minimum Gasteiger partial charge on any atom is -0.480 e. The Morgan fingerprint density at radius 3 is 2.50 bits per heavy atom. The fraction of sp³-hybridized carbons (Fsp3) is 0.875. The highest BCUT2D eigenvalue weighted by Crippen LogP contribution is 2.24. The molecule has 0 aromatic rings. The molecule has 0 unspecified atom stereocenters. The summed E-state index contributed by atoms with van der Waals surface area (Å²) in [5, 5.41) is 47.4. The second kappa shape index (κ2) is 5.80. The molecule has 1 aliphatic rings. The summed E-state index contributed by atoms with van der Waals surface area (Å²) in [6.07, 6.45) is -4.29.